The molecule has 1 amide bonds. The number of rotatable bonds is 2. The molecule has 2 aliphatic rings. The van der Waals surface area contributed by atoms with Gasteiger partial charge in [-0.05, 0) is 30.4 Å². The molecular formula is C20H21F3N4O2. The van der Waals surface area contributed by atoms with Gasteiger partial charge in [0.1, 0.15) is 5.82 Å². The number of carbonyl (C=O) groups is 1. The van der Waals surface area contributed by atoms with Crippen LogP contribution in [0.3, 0.4) is 0 Å². The highest BCUT2D eigenvalue weighted by Gasteiger charge is 2.35. The number of H-pyrrole nitrogens is 1. The molecule has 2 atom stereocenters. The molecule has 0 saturated carbocycles. The van der Waals surface area contributed by atoms with E-state index in [2.05, 4.69) is 22.2 Å². The normalized spacial score (nSPS) is 22.2. The summed E-state index contributed by atoms with van der Waals surface area (Å²) in [7, 11) is 0. The number of fused-ring (bicyclic) bond motifs is 1. The Labute approximate surface area is 165 Å². The fraction of sp³-hybridized carbons (Fsp3) is 0.450. The van der Waals surface area contributed by atoms with E-state index in [0.29, 0.717) is 11.9 Å². The van der Waals surface area contributed by atoms with Crippen LogP contribution in [0.25, 0.3) is 0 Å². The van der Waals surface area contributed by atoms with Crippen molar-refractivity contribution < 1.29 is 18.0 Å². The number of anilines is 2. The third-order valence-corrected chi connectivity index (χ3v) is 5.51. The quantitative estimate of drug-likeness (QED) is 0.800. The maximum absolute atomic E-state index is 13.1. The molecular weight excluding hydrogens is 385 g/mol. The number of piperidine rings is 1. The molecule has 0 bridgehead atoms. The van der Waals surface area contributed by atoms with Crippen molar-refractivity contribution >= 4 is 17.7 Å². The van der Waals surface area contributed by atoms with E-state index in [-0.39, 0.29) is 29.3 Å². The first kappa shape index (κ1) is 19.5. The van der Waals surface area contributed by atoms with Crippen molar-refractivity contribution in [2.24, 2.45) is 5.92 Å². The van der Waals surface area contributed by atoms with E-state index in [1.807, 2.05) is 4.90 Å². The van der Waals surface area contributed by atoms with Crippen molar-refractivity contribution in [2.45, 2.75) is 38.3 Å². The number of alkyl halides is 3. The standard InChI is InChI=1S/C20H21F3N4O2/c1-11-4-3-7-27(10-11)19-25-17-16(18(29)26-19)14(9-15(28)24-17)12-5-2-6-13(8-12)20(21,22)23/h2,5-6,8,11,14H,3-4,7,9-10H2,1H3,(H2,24,25,26,28,29). The number of carbonyl (C=O) groups excluding carboxylic acids is 1. The molecule has 1 saturated heterocycles. The minimum atomic E-state index is -4.50. The van der Waals surface area contributed by atoms with Gasteiger partial charge in [0.05, 0.1) is 11.1 Å². The van der Waals surface area contributed by atoms with Gasteiger partial charge in [0.25, 0.3) is 5.56 Å². The molecule has 2 unspecified atom stereocenters. The van der Waals surface area contributed by atoms with E-state index in [4.69, 9.17) is 0 Å². The first-order chi connectivity index (χ1) is 13.7. The number of hydrogen-bond acceptors (Lipinski definition) is 4. The summed E-state index contributed by atoms with van der Waals surface area (Å²) in [6.07, 6.45) is -2.55. The minimum Gasteiger partial charge on any atom is -0.342 e. The third kappa shape index (κ3) is 3.86. The Hall–Kier alpha value is -2.84. The summed E-state index contributed by atoms with van der Waals surface area (Å²) >= 11 is 0. The highest BCUT2D eigenvalue weighted by Crippen LogP contribution is 2.37. The van der Waals surface area contributed by atoms with E-state index in [1.165, 1.54) is 12.1 Å². The summed E-state index contributed by atoms with van der Waals surface area (Å²) in [5.74, 6) is -0.203. The molecule has 2 aliphatic heterocycles. The molecule has 2 N–H and O–H groups in total. The molecule has 9 heteroatoms. The lowest BCUT2D eigenvalue weighted by Crippen LogP contribution is -2.38. The molecule has 1 aromatic carbocycles. The molecule has 2 aromatic rings. The second-order valence-corrected chi connectivity index (χ2v) is 7.77. The van der Waals surface area contributed by atoms with Gasteiger partial charge in [-0.25, -0.2) is 0 Å². The fourth-order valence-electron chi connectivity index (χ4n) is 4.11. The van der Waals surface area contributed by atoms with Gasteiger partial charge in [-0.2, -0.15) is 18.2 Å². The van der Waals surface area contributed by atoms with Gasteiger partial charge in [0.2, 0.25) is 11.9 Å². The maximum atomic E-state index is 13.1. The van der Waals surface area contributed by atoms with Crippen molar-refractivity contribution in [3.8, 4) is 0 Å². The average molecular weight is 406 g/mol. The second kappa shape index (κ2) is 7.20. The summed E-state index contributed by atoms with van der Waals surface area (Å²) < 4.78 is 39.3. The number of amides is 1. The minimum absolute atomic E-state index is 0.112. The molecule has 0 spiro atoms. The SMILES string of the molecule is CC1CCCN(c2nc3c(c(=O)[nH]2)C(c2cccc(C(F)(F)F)c2)CC(=O)N3)C1. The third-order valence-electron chi connectivity index (χ3n) is 5.51. The van der Waals surface area contributed by atoms with Crippen LogP contribution in [0.15, 0.2) is 29.1 Å². The van der Waals surface area contributed by atoms with Crippen LogP contribution in [0.5, 0.6) is 0 Å². The van der Waals surface area contributed by atoms with Crippen molar-refractivity contribution in [3.05, 3.63) is 51.3 Å². The predicted molar refractivity (Wildman–Crippen MR) is 102 cm³/mol. The molecule has 4 rings (SSSR count). The number of benzene rings is 1. The Bertz CT molecular complexity index is 1000. The highest BCUT2D eigenvalue weighted by molar-refractivity contribution is 5.94. The van der Waals surface area contributed by atoms with Crippen molar-refractivity contribution in [1.82, 2.24) is 9.97 Å². The van der Waals surface area contributed by atoms with Crippen LogP contribution in [-0.2, 0) is 11.0 Å². The summed E-state index contributed by atoms with van der Waals surface area (Å²) in [5, 5.41) is 2.62. The number of halogens is 3. The number of nitrogens with zero attached hydrogens (tertiary/aromatic N) is 2. The van der Waals surface area contributed by atoms with E-state index in [1.54, 1.807) is 0 Å². The fourth-order valence-corrected chi connectivity index (χ4v) is 4.11. The largest absolute Gasteiger partial charge is 0.416 e. The van der Waals surface area contributed by atoms with Crippen LogP contribution < -0.4 is 15.8 Å². The Morgan fingerprint density at radius 3 is 2.76 bits per heavy atom. The molecule has 1 aromatic heterocycles. The van der Waals surface area contributed by atoms with Crippen LogP contribution in [0.1, 0.15) is 48.8 Å². The van der Waals surface area contributed by atoms with Crippen LogP contribution in [0.4, 0.5) is 24.9 Å². The lowest BCUT2D eigenvalue weighted by molar-refractivity contribution is -0.137. The van der Waals surface area contributed by atoms with E-state index in [9.17, 15) is 22.8 Å². The molecule has 3 heterocycles. The molecule has 154 valence electrons. The van der Waals surface area contributed by atoms with Crippen molar-refractivity contribution in [2.75, 3.05) is 23.3 Å². The Morgan fingerprint density at radius 1 is 1.24 bits per heavy atom. The van der Waals surface area contributed by atoms with Crippen LogP contribution in [0, 0.1) is 5.92 Å². The molecule has 29 heavy (non-hydrogen) atoms. The van der Waals surface area contributed by atoms with Gasteiger partial charge in [-0.1, -0.05) is 25.1 Å². The number of hydrogen-bond donors (Lipinski definition) is 2. The number of aromatic nitrogens is 2. The molecule has 0 radical (unpaired) electrons. The summed E-state index contributed by atoms with van der Waals surface area (Å²) in [6.45, 7) is 3.61. The van der Waals surface area contributed by atoms with Gasteiger partial charge >= 0.3 is 6.18 Å². The molecule has 6 nitrogen and oxygen atoms in total. The average Bonchev–Trinajstić information content (AvgIpc) is 2.66. The zero-order valence-corrected chi connectivity index (χ0v) is 15.8. The molecule has 1 fully saturated rings. The van der Waals surface area contributed by atoms with Gasteiger partial charge in [-0.3, -0.25) is 14.6 Å². The van der Waals surface area contributed by atoms with Crippen LogP contribution in [0.2, 0.25) is 0 Å². The molecule has 0 aliphatic carbocycles. The Balaban J connectivity index is 1.76. The predicted octanol–water partition coefficient (Wildman–Crippen LogP) is 3.50. The number of nitrogens with one attached hydrogen (secondary N) is 2. The lowest BCUT2D eigenvalue weighted by atomic mass is 9.86. The lowest BCUT2D eigenvalue weighted by Gasteiger charge is -2.32. The summed E-state index contributed by atoms with van der Waals surface area (Å²) in [5.41, 5.74) is -0.795. The first-order valence-corrected chi connectivity index (χ1v) is 9.58. The Morgan fingerprint density at radius 2 is 2.03 bits per heavy atom. The van der Waals surface area contributed by atoms with Crippen LogP contribution >= 0.6 is 0 Å². The van der Waals surface area contributed by atoms with Gasteiger partial charge < -0.3 is 10.2 Å². The van der Waals surface area contributed by atoms with E-state index >= 15 is 0 Å². The van der Waals surface area contributed by atoms with Crippen LogP contribution in [-0.4, -0.2) is 29.0 Å². The topological polar surface area (TPSA) is 78.1 Å². The number of aromatic amines is 1. The van der Waals surface area contributed by atoms with E-state index < -0.39 is 23.2 Å². The Kier molecular flexibility index (Phi) is 4.84. The van der Waals surface area contributed by atoms with Gasteiger partial charge in [0.15, 0.2) is 0 Å². The zero-order valence-electron chi connectivity index (χ0n) is 15.8. The van der Waals surface area contributed by atoms with Crippen molar-refractivity contribution in [3.63, 3.8) is 0 Å². The summed E-state index contributed by atoms with van der Waals surface area (Å²) in [4.78, 5) is 34.3. The van der Waals surface area contributed by atoms with Gasteiger partial charge in [0, 0.05) is 25.4 Å². The second-order valence-electron chi connectivity index (χ2n) is 7.77. The smallest absolute Gasteiger partial charge is 0.342 e. The van der Waals surface area contributed by atoms with Crippen molar-refractivity contribution in [1.29, 1.82) is 0 Å². The van der Waals surface area contributed by atoms with Gasteiger partial charge in [-0.15, -0.1) is 0 Å². The monoisotopic (exact) mass is 406 g/mol. The zero-order chi connectivity index (χ0) is 20.8. The first-order valence-electron chi connectivity index (χ1n) is 9.58. The highest BCUT2D eigenvalue weighted by atomic mass is 19.4. The summed E-state index contributed by atoms with van der Waals surface area (Å²) in [6, 6.07) is 4.75. The maximum Gasteiger partial charge on any atom is 0.416 e. The van der Waals surface area contributed by atoms with E-state index in [0.717, 1.165) is 38.1 Å².